The highest BCUT2D eigenvalue weighted by atomic mass is 35.5. The quantitative estimate of drug-likeness (QED) is 0.540. The molecular formula is C9H10ClNS2. The molecule has 0 heterocycles. The van der Waals surface area contributed by atoms with Gasteiger partial charge in [-0.3, -0.25) is 0 Å². The summed E-state index contributed by atoms with van der Waals surface area (Å²) in [5, 5.41) is 0.747. The Morgan fingerprint density at radius 2 is 2.00 bits per heavy atom. The Bertz CT molecular complexity index is 312. The normalized spacial score (nSPS) is 9.77. The van der Waals surface area contributed by atoms with Crippen molar-refractivity contribution in [3.05, 3.63) is 29.3 Å². The molecule has 0 aliphatic heterocycles. The van der Waals surface area contributed by atoms with Crippen LogP contribution in [-0.2, 0) is 0 Å². The molecule has 0 saturated carbocycles. The van der Waals surface area contributed by atoms with E-state index in [0.717, 1.165) is 14.2 Å². The van der Waals surface area contributed by atoms with Gasteiger partial charge < -0.3 is 4.90 Å². The minimum absolute atomic E-state index is 0.747. The SMILES string of the molecule is CN(C)C(=S)Sc1ccccc1Cl. The average molecular weight is 232 g/mol. The first-order valence-electron chi connectivity index (χ1n) is 3.75. The van der Waals surface area contributed by atoms with Crippen LogP contribution in [0.15, 0.2) is 29.2 Å². The number of hydrogen-bond acceptors (Lipinski definition) is 2. The fourth-order valence-electron chi connectivity index (χ4n) is 0.713. The molecule has 0 amide bonds. The molecule has 1 aromatic carbocycles. The van der Waals surface area contributed by atoms with E-state index in [1.807, 2.05) is 43.3 Å². The number of thioether (sulfide) groups is 1. The molecule has 1 aromatic rings. The molecule has 0 atom stereocenters. The molecule has 0 unspecified atom stereocenters. The summed E-state index contributed by atoms with van der Waals surface area (Å²) in [5.41, 5.74) is 0. The Kier molecular flexibility index (Phi) is 4.03. The molecule has 70 valence electrons. The lowest BCUT2D eigenvalue weighted by molar-refractivity contribution is 0.648. The highest BCUT2D eigenvalue weighted by molar-refractivity contribution is 8.23. The average Bonchev–Trinajstić information content (AvgIpc) is 2.08. The maximum absolute atomic E-state index is 5.97. The number of thiocarbonyl (C=S) groups is 1. The van der Waals surface area contributed by atoms with Gasteiger partial charge in [-0.2, -0.15) is 0 Å². The van der Waals surface area contributed by atoms with Gasteiger partial charge in [-0.25, -0.2) is 0 Å². The largest absolute Gasteiger partial charge is 0.363 e. The fraction of sp³-hybridized carbons (Fsp3) is 0.222. The van der Waals surface area contributed by atoms with E-state index in [0.29, 0.717) is 0 Å². The second-order valence-electron chi connectivity index (χ2n) is 2.69. The predicted molar refractivity (Wildman–Crippen MR) is 63.6 cm³/mol. The van der Waals surface area contributed by atoms with Crippen molar-refractivity contribution in [3.8, 4) is 0 Å². The molecule has 0 aliphatic rings. The van der Waals surface area contributed by atoms with Gasteiger partial charge in [0.15, 0.2) is 0 Å². The van der Waals surface area contributed by atoms with Gasteiger partial charge in [-0.05, 0) is 12.1 Å². The first-order chi connectivity index (χ1) is 6.11. The summed E-state index contributed by atoms with van der Waals surface area (Å²) >= 11 is 12.6. The van der Waals surface area contributed by atoms with E-state index in [9.17, 15) is 0 Å². The van der Waals surface area contributed by atoms with E-state index >= 15 is 0 Å². The summed E-state index contributed by atoms with van der Waals surface area (Å²) in [6, 6.07) is 7.68. The second-order valence-corrected chi connectivity index (χ2v) is 4.78. The summed E-state index contributed by atoms with van der Waals surface area (Å²) in [6.07, 6.45) is 0. The van der Waals surface area contributed by atoms with Crippen molar-refractivity contribution in [1.29, 1.82) is 0 Å². The van der Waals surface area contributed by atoms with Crippen molar-refractivity contribution in [3.63, 3.8) is 0 Å². The van der Waals surface area contributed by atoms with Crippen LogP contribution in [0.2, 0.25) is 5.02 Å². The van der Waals surface area contributed by atoms with Gasteiger partial charge in [0.1, 0.15) is 4.32 Å². The zero-order valence-electron chi connectivity index (χ0n) is 7.45. The highest BCUT2D eigenvalue weighted by Gasteiger charge is 2.04. The fourth-order valence-corrected chi connectivity index (χ4v) is 1.92. The van der Waals surface area contributed by atoms with Crippen molar-refractivity contribution < 1.29 is 0 Å². The lowest BCUT2D eigenvalue weighted by Crippen LogP contribution is -2.15. The summed E-state index contributed by atoms with van der Waals surface area (Å²) in [6.45, 7) is 0. The molecule has 0 saturated heterocycles. The second kappa shape index (κ2) is 4.84. The van der Waals surface area contributed by atoms with Crippen LogP contribution < -0.4 is 0 Å². The Morgan fingerprint density at radius 3 is 2.54 bits per heavy atom. The van der Waals surface area contributed by atoms with E-state index in [1.165, 1.54) is 11.8 Å². The van der Waals surface area contributed by atoms with Crippen LogP contribution in [0.3, 0.4) is 0 Å². The smallest absolute Gasteiger partial charge is 0.140 e. The summed E-state index contributed by atoms with van der Waals surface area (Å²) < 4.78 is 0.813. The lowest BCUT2D eigenvalue weighted by atomic mass is 10.4. The Morgan fingerprint density at radius 1 is 1.38 bits per heavy atom. The van der Waals surface area contributed by atoms with Crippen LogP contribution in [-0.4, -0.2) is 23.3 Å². The first kappa shape index (κ1) is 10.8. The van der Waals surface area contributed by atoms with Gasteiger partial charge in [-0.15, -0.1) is 0 Å². The third-order valence-electron chi connectivity index (χ3n) is 1.40. The van der Waals surface area contributed by atoms with Crippen LogP contribution in [0.4, 0.5) is 0 Å². The highest BCUT2D eigenvalue weighted by Crippen LogP contribution is 2.28. The summed E-state index contributed by atoms with van der Waals surface area (Å²) in [7, 11) is 3.85. The minimum Gasteiger partial charge on any atom is -0.363 e. The van der Waals surface area contributed by atoms with Gasteiger partial charge in [0.25, 0.3) is 0 Å². The number of hydrogen-bond donors (Lipinski definition) is 0. The van der Waals surface area contributed by atoms with E-state index in [2.05, 4.69) is 0 Å². The lowest BCUT2D eigenvalue weighted by Gasteiger charge is -2.12. The van der Waals surface area contributed by atoms with E-state index < -0.39 is 0 Å². The number of nitrogens with zero attached hydrogens (tertiary/aromatic N) is 1. The number of benzene rings is 1. The Labute approximate surface area is 93.1 Å². The van der Waals surface area contributed by atoms with Crippen LogP contribution in [0, 0.1) is 0 Å². The molecule has 0 aromatic heterocycles. The third kappa shape index (κ3) is 3.18. The number of halogens is 1. The van der Waals surface area contributed by atoms with Crippen molar-refractivity contribution >= 4 is 39.9 Å². The van der Waals surface area contributed by atoms with Crippen LogP contribution in [0.1, 0.15) is 0 Å². The first-order valence-corrected chi connectivity index (χ1v) is 5.35. The Balaban J connectivity index is 2.75. The standard InChI is InChI=1S/C9H10ClNS2/c1-11(2)9(12)13-8-6-4-3-5-7(8)10/h3-6H,1-2H3. The molecule has 0 radical (unpaired) electrons. The van der Waals surface area contributed by atoms with Crippen LogP contribution in [0.5, 0.6) is 0 Å². The van der Waals surface area contributed by atoms with Crippen molar-refractivity contribution in [1.82, 2.24) is 4.90 Å². The van der Waals surface area contributed by atoms with Gasteiger partial charge >= 0.3 is 0 Å². The molecule has 1 nitrogen and oxygen atoms in total. The molecule has 1 rings (SSSR count). The molecular weight excluding hydrogens is 222 g/mol. The van der Waals surface area contributed by atoms with Crippen LogP contribution >= 0.6 is 35.6 Å². The van der Waals surface area contributed by atoms with Crippen molar-refractivity contribution in [2.75, 3.05) is 14.1 Å². The van der Waals surface area contributed by atoms with Gasteiger partial charge in [0, 0.05) is 19.0 Å². The zero-order valence-corrected chi connectivity index (χ0v) is 9.84. The third-order valence-corrected chi connectivity index (χ3v) is 3.57. The van der Waals surface area contributed by atoms with Crippen molar-refractivity contribution in [2.24, 2.45) is 0 Å². The van der Waals surface area contributed by atoms with Crippen LogP contribution in [0.25, 0.3) is 0 Å². The van der Waals surface area contributed by atoms with Crippen molar-refractivity contribution in [2.45, 2.75) is 4.90 Å². The predicted octanol–water partition coefficient (Wildman–Crippen LogP) is 3.28. The maximum atomic E-state index is 5.97. The molecule has 0 aliphatic carbocycles. The summed E-state index contributed by atoms with van der Waals surface area (Å²) in [4.78, 5) is 2.89. The molecule has 4 heteroatoms. The molecule has 0 N–H and O–H groups in total. The molecule has 0 bridgehead atoms. The minimum atomic E-state index is 0.747. The Hall–Kier alpha value is -0.250. The van der Waals surface area contributed by atoms with E-state index in [-0.39, 0.29) is 0 Å². The number of rotatable bonds is 1. The van der Waals surface area contributed by atoms with Gasteiger partial charge in [0.05, 0.1) is 5.02 Å². The molecule has 13 heavy (non-hydrogen) atoms. The van der Waals surface area contributed by atoms with Gasteiger partial charge in [0.2, 0.25) is 0 Å². The molecule has 0 fully saturated rings. The van der Waals surface area contributed by atoms with E-state index in [4.69, 9.17) is 23.8 Å². The zero-order chi connectivity index (χ0) is 9.84. The van der Waals surface area contributed by atoms with E-state index in [1.54, 1.807) is 0 Å². The molecule has 0 spiro atoms. The monoisotopic (exact) mass is 231 g/mol. The maximum Gasteiger partial charge on any atom is 0.140 e. The summed E-state index contributed by atoms with van der Waals surface area (Å²) in [5.74, 6) is 0. The van der Waals surface area contributed by atoms with Gasteiger partial charge in [-0.1, -0.05) is 47.7 Å². The topological polar surface area (TPSA) is 3.24 Å².